The molecule has 2 rings (SSSR count). The van der Waals surface area contributed by atoms with E-state index in [9.17, 15) is 8.42 Å². The molecule has 0 radical (unpaired) electrons. The van der Waals surface area contributed by atoms with Gasteiger partial charge in [0.25, 0.3) is 0 Å². The van der Waals surface area contributed by atoms with Crippen LogP contribution in [-0.4, -0.2) is 31.2 Å². The zero-order chi connectivity index (χ0) is 13.7. The van der Waals surface area contributed by atoms with Crippen molar-refractivity contribution >= 4 is 21.6 Å². The lowest BCUT2D eigenvalue weighted by Gasteiger charge is -2.24. The van der Waals surface area contributed by atoms with E-state index in [0.29, 0.717) is 12.4 Å². The van der Waals surface area contributed by atoms with Gasteiger partial charge >= 0.3 is 0 Å². The number of alkyl halides is 1. The molecule has 0 spiro atoms. The summed E-state index contributed by atoms with van der Waals surface area (Å²) < 4.78 is 26.6. The molecule has 1 atom stereocenters. The molecule has 0 saturated carbocycles. The van der Waals surface area contributed by atoms with Crippen molar-refractivity contribution in [1.82, 2.24) is 4.31 Å². The van der Waals surface area contributed by atoms with Crippen LogP contribution in [0.5, 0.6) is 0 Å². The molecule has 1 heterocycles. The topological polar surface area (TPSA) is 37.4 Å². The van der Waals surface area contributed by atoms with Crippen LogP contribution >= 0.6 is 11.6 Å². The molecule has 106 valence electrons. The quantitative estimate of drug-likeness (QED) is 0.758. The van der Waals surface area contributed by atoms with E-state index in [-0.39, 0.29) is 11.8 Å². The van der Waals surface area contributed by atoms with Gasteiger partial charge in [0.2, 0.25) is 10.0 Å². The zero-order valence-corrected chi connectivity index (χ0v) is 12.5. The van der Waals surface area contributed by atoms with Gasteiger partial charge in [-0.3, -0.25) is 0 Å². The van der Waals surface area contributed by atoms with Crippen molar-refractivity contribution in [1.29, 1.82) is 0 Å². The van der Waals surface area contributed by atoms with Gasteiger partial charge in [-0.25, -0.2) is 8.42 Å². The van der Waals surface area contributed by atoms with Gasteiger partial charge < -0.3 is 0 Å². The Morgan fingerprint density at radius 2 is 2.00 bits per heavy atom. The van der Waals surface area contributed by atoms with Crippen molar-refractivity contribution in [2.24, 2.45) is 0 Å². The average molecular weight is 302 g/mol. The van der Waals surface area contributed by atoms with Gasteiger partial charge in [-0.05, 0) is 31.2 Å². The fourth-order valence-electron chi connectivity index (χ4n) is 2.64. The summed E-state index contributed by atoms with van der Waals surface area (Å²) in [7, 11) is -3.20. The highest BCUT2D eigenvalue weighted by molar-refractivity contribution is 7.88. The van der Waals surface area contributed by atoms with Crippen LogP contribution in [0.4, 0.5) is 0 Å². The first kappa shape index (κ1) is 14.8. The SMILES string of the molecule is O=S(=O)(Cc1ccccc1)N1CCCC1CCCCl. The third kappa shape index (κ3) is 3.94. The number of rotatable bonds is 6. The van der Waals surface area contributed by atoms with E-state index in [1.165, 1.54) is 0 Å². The van der Waals surface area contributed by atoms with E-state index in [1.54, 1.807) is 4.31 Å². The second kappa shape index (κ2) is 6.73. The molecular formula is C14H20ClNO2S. The summed E-state index contributed by atoms with van der Waals surface area (Å²) >= 11 is 5.70. The molecule has 0 aliphatic carbocycles. The number of sulfonamides is 1. The Labute approximate surface area is 120 Å². The van der Waals surface area contributed by atoms with E-state index in [1.807, 2.05) is 30.3 Å². The zero-order valence-electron chi connectivity index (χ0n) is 11.0. The molecule has 1 aliphatic rings. The molecule has 1 aliphatic heterocycles. The average Bonchev–Trinajstić information content (AvgIpc) is 2.86. The first-order valence-corrected chi connectivity index (χ1v) is 8.87. The highest BCUT2D eigenvalue weighted by atomic mass is 35.5. The molecule has 0 aromatic heterocycles. The van der Waals surface area contributed by atoms with Crippen LogP contribution in [0.25, 0.3) is 0 Å². The summed E-state index contributed by atoms with van der Waals surface area (Å²) in [5, 5.41) is 0. The summed E-state index contributed by atoms with van der Waals surface area (Å²) in [5.74, 6) is 0.703. The molecule has 0 N–H and O–H groups in total. The molecular weight excluding hydrogens is 282 g/mol. The third-order valence-electron chi connectivity index (χ3n) is 3.54. The van der Waals surface area contributed by atoms with Crippen molar-refractivity contribution in [3.05, 3.63) is 35.9 Å². The first-order chi connectivity index (χ1) is 9.13. The monoisotopic (exact) mass is 301 g/mol. The van der Waals surface area contributed by atoms with Gasteiger partial charge in [-0.2, -0.15) is 4.31 Å². The molecule has 19 heavy (non-hydrogen) atoms. The molecule has 3 nitrogen and oxygen atoms in total. The van der Waals surface area contributed by atoms with E-state index >= 15 is 0 Å². The molecule has 1 aromatic rings. The minimum atomic E-state index is -3.20. The first-order valence-electron chi connectivity index (χ1n) is 6.73. The highest BCUT2D eigenvalue weighted by Gasteiger charge is 2.33. The van der Waals surface area contributed by atoms with Gasteiger partial charge in [-0.15, -0.1) is 11.6 Å². The van der Waals surface area contributed by atoms with Gasteiger partial charge in [0, 0.05) is 18.5 Å². The van der Waals surface area contributed by atoms with E-state index in [2.05, 4.69) is 0 Å². The third-order valence-corrected chi connectivity index (χ3v) is 5.70. The van der Waals surface area contributed by atoms with Gasteiger partial charge in [0.15, 0.2) is 0 Å². The second-order valence-electron chi connectivity index (χ2n) is 4.98. The lowest BCUT2D eigenvalue weighted by Crippen LogP contribution is -2.36. The van der Waals surface area contributed by atoms with Crippen molar-refractivity contribution < 1.29 is 8.42 Å². The number of nitrogens with zero attached hydrogens (tertiary/aromatic N) is 1. The molecule has 1 aromatic carbocycles. The molecule has 1 unspecified atom stereocenters. The predicted molar refractivity (Wildman–Crippen MR) is 78.7 cm³/mol. The minimum Gasteiger partial charge on any atom is -0.212 e. The summed E-state index contributed by atoms with van der Waals surface area (Å²) in [5.41, 5.74) is 0.852. The number of hydrogen-bond acceptors (Lipinski definition) is 2. The maximum Gasteiger partial charge on any atom is 0.218 e. The smallest absolute Gasteiger partial charge is 0.212 e. The van der Waals surface area contributed by atoms with Crippen LogP contribution < -0.4 is 0 Å². The maximum atomic E-state index is 12.5. The molecule has 1 saturated heterocycles. The Kier molecular flexibility index (Phi) is 5.25. The van der Waals surface area contributed by atoms with Crippen molar-refractivity contribution in [3.63, 3.8) is 0 Å². The van der Waals surface area contributed by atoms with Crippen LogP contribution in [0.3, 0.4) is 0 Å². The number of benzene rings is 1. The second-order valence-corrected chi connectivity index (χ2v) is 7.28. The lowest BCUT2D eigenvalue weighted by molar-refractivity contribution is 0.368. The summed E-state index contributed by atoms with van der Waals surface area (Å²) in [4.78, 5) is 0. The molecule has 0 bridgehead atoms. The Hall–Kier alpha value is -0.580. The maximum absolute atomic E-state index is 12.5. The Balaban J connectivity index is 2.06. The molecule has 1 fully saturated rings. The number of halogens is 1. The van der Waals surface area contributed by atoms with Crippen molar-refractivity contribution in [2.75, 3.05) is 12.4 Å². The standard InChI is InChI=1S/C14H20ClNO2S/c15-10-4-8-14-9-5-11-16(14)19(17,18)12-13-6-2-1-3-7-13/h1-3,6-7,14H,4-5,8-12H2. The Morgan fingerprint density at radius 1 is 1.26 bits per heavy atom. The molecule has 5 heteroatoms. The fraction of sp³-hybridized carbons (Fsp3) is 0.571. The van der Waals surface area contributed by atoms with E-state index < -0.39 is 10.0 Å². The van der Waals surface area contributed by atoms with Crippen LogP contribution in [0.1, 0.15) is 31.2 Å². The van der Waals surface area contributed by atoms with Crippen LogP contribution in [-0.2, 0) is 15.8 Å². The highest BCUT2D eigenvalue weighted by Crippen LogP contribution is 2.26. The van der Waals surface area contributed by atoms with Crippen molar-refractivity contribution in [2.45, 2.75) is 37.5 Å². The summed E-state index contributed by atoms with van der Waals surface area (Å²) in [6.45, 7) is 0.655. The Morgan fingerprint density at radius 3 is 2.68 bits per heavy atom. The minimum absolute atomic E-state index is 0.102. The van der Waals surface area contributed by atoms with Gasteiger partial charge in [0.1, 0.15) is 0 Å². The summed E-state index contributed by atoms with van der Waals surface area (Å²) in [6, 6.07) is 9.52. The van der Waals surface area contributed by atoms with Crippen LogP contribution in [0, 0.1) is 0 Å². The van der Waals surface area contributed by atoms with Crippen molar-refractivity contribution in [3.8, 4) is 0 Å². The predicted octanol–water partition coefficient (Wildman–Crippen LogP) is 3.00. The lowest BCUT2D eigenvalue weighted by atomic mass is 10.1. The van der Waals surface area contributed by atoms with Crippen LogP contribution in [0.15, 0.2) is 30.3 Å². The largest absolute Gasteiger partial charge is 0.218 e. The molecule has 0 amide bonds. The van der Waals surface area contributed by atoms with Gasteiger partial charge in [0.05, 0.1) is 5.75 Å². The Bertz CT molecular complexity index is 489. The van der Waals surface area contributed by atoms with E-state index in [0.717, 1.165) is 31.2 Å². The normalized spacial score (nSPS) is 20.8. The van der Waals surface area contributed by atoms with E-state index in [4.69, 9.17) is 11.6 Å². The summed E-state index contributed by atoms with van der Waals surface area (Å²) in [6.07, 6.45) is 3.67. The number of hydrogen-bond donors (Lipinski definition) is 0. The van der Waals surface area contributed by atoms with Gasteiger partial charge in [-0.1, -0.05) is 30.3 Å². The van der Waals surface area contributed by atoms with Crippen LogP contribution in [0.2, 0.25) is 0 Å². The fourth-order valence-corrected chi connectivity index (χ4v) is 4.65.